The smallest absolute Gasteiger partial charge is 0.255 e. The first-order valence-electron chi connectivity index (χ1n) is 9.94. The number of hydrogen-bond donors (Lipinski definition) is 0. The van der Waals surface area contributed by atoms with Crippen LogP contribution in [0.5, 0.6) is 0 Å². The van der Waals surface area contributed by atoms with E-state index in [1.165, 1.54) is 0 Å². The van der Waals surface area contributed by atoms with Crippen LogP contribution in [0.2, 0.25) is 0 Å². The van der Waals surface area contributed by atoms with Gasteiger partial charge in [0.05, 0.1) is 45.1 Å². The van der Waals surface area contributed by atoms with Crippen molar-refractivity contribution in [3.8, 4) is 0 Å². The maximum absolute atomic E-state index is 13.0. The van der Waals surface area contributed by atoms with Gasteiger partial charge in [0.15, 0.2) is 0 Å². The predicted octanol–water partition coefficient (Wildman–Crippen LogP) is 1.07. The number of carbonyl (C=O) groups is 1. The van der Waals surface area contributed by atoms with E-state index < -0.39 is 0 Å². The van der Waals surface area contributed by atoms with Crippen LogP contribution in [0.4, 0.5) is 0 Å². The van der Waals surface area contributed by atoms with E-state index in [0.29, 0.717) is 25.7 Å². The van der Waals surface area contributed by atoms with Crippen LogP contribution in [0.1, 0.15) is 28.2 Å². The van der Waals surface area contributed by atoms with E-state index in [1.54, 1.807) is 7.11 Å². The highest BCUT2D eigenvalue weighted by atomic mass is 16.5. The Bertz CT molecular complexity index is 690. The monoisotopic (exact) mass is 377 g/mol. The number of aryl methyl sites for hydroxylation is 1. The molecule has 1 unspecified atom stereocenters. The van der Waals surface area contributed by atoms with Crippen molar-refractivity contribution in [2.24, 2.45) is 0 Å². The van der Waals surface area contributed by atoms with Crippen LogP contribution in [0.25, 0.3) is 0 Å². The van der Waals surface area contributed by atoms with Gasteiger partial charge < -0.3 is 23.7 Å². The lowest BCUT2D eigenvalue weighted by molar-refractivity contribution is -0.0951. The van der Waals surface area contributed by atoms with E-state index in [-0.39, 0.29) is 11.5 Å². The molecule has 0 radical (unpaired) electrons. The Labute approximate surface area is 161 Å². The summed E-state index contributed by atoms with van der Waals surface area (Å²) < 4.78 is 19.0. The molecule has 4 heterocycles. The molecular formula is C20H31N3O4. The van der Waals surface area contributed by atoms with E-state index in [2.05, 4.69) is 9.47 Å². The molecule has 150 valence electrons. The van der Waals surface area contributed by atoms with Gasteiger partial charge in [-0.05, 0) is 26.3 Å². The average molecular weight is 377 g/mol. The predicted molar refractivity (Wildman–Crippen MR) is 101 cm³/mol. The van der Waals surface area contributed by atoms with Crippen molar-refractivity contribution in [1.82, 2.24) is 14.4 Å². The first kappa shape index (κ1) is 18.9. The van der Waals surface area contributed by atoms with Gasteiger partial charge in [-0.25, -0.2) is 0 Å². The summed E-state index contributed by atoms with van der Waals surface area (Å²) >= 11 is 0. The standard InChI is InChI=1S/C20H31N3O4/c1-15-10-18(16(2)23(15)6-7-25-3)19(24)22-13-20(14-22)11-17(12-27-20)21-4-8-26-9-5-21/h10,17H,4-9,11-14H2,1-3H3. The third kappa shape index (κ3) is 3.53. The number of morpholine rings is 1. The van der Waals surface area contributed by atoms with E-state index >= 15 is 0 Å². The fourth-order valence-electron chi connectivity index (χ4n) is 4.73. The summed E-state index contributed by atoms with van der Waals surface area (Å²) in [5.41, 5.74) is 2.79. The molecule has 7 heteroatoms. The fourth-order valence-corrected chi connectivity index (χ4v) is 4.73. The number of nitrogens with zero attached hydrogens (tertiary/aromatic N) is 3. The van der Waals surface area contributed by atoms with Crippen LogP contribution in [-0.2, 0) is 20.8 Å². The molecule has 0 N–H and O–H groups in total. The van der Waals surface area contributed by atoms with Gasteiger partial charge in [0.2, 0.25) is 0 Å². The van der Waals surface area contributed by atoms with Crippen molar-refractivity contribution in [2.45, 2.75) is 38.5 Å². The third-order valence-electron chi connectivity index (χ3n) is 6.32. The lowest BCUT2D eigenvalue weighted by Crippen LogP contribution is -2.63. The van der Waals surface area contributed by atoms with Gasteiger partial charge in [0, 0.05) is 44.2 Å². The van der Waals surface area contributed by atoms with Crippen LogP contribution in [-0.4, -0.2) is 91.6 Å². The molecular weight excluding hydrogens is 346 g/mol. The van der Waals surface area contributed by atoms with Gasteiger partial charge in [-0.2, -0.15) is 0 Å². The number of hydrogen-bond acceptors (Lipinski definition) is 5. The van der Waals surface area contributed by atoms with Crippen LogP contribution in [0.3, 0.4) is 0 Å². The zero-order valence-corrected chi connectivity index (χ0v) is 16.7. The van der Waals surface area contributed by atoms with E-state index in [1.807, 2.05) is 24.8 Å². The molecule has 1 aromatic heterocycles. The van der Waals surface area contributed by atoms with Crippen molar-refractivity contribution in [3.05, 3.63) is 23.0 Å². The van der Waals surface area contributed by atoms with Crippen molar-refractivity contribution < 1.29 is 19.0 Å². The summed E-state index contributed by atoms with van der Waals surface area (Å²) in [6.07, 6.45) is 1.02. The number of rotatable bonds is 5. The molecule has 3 aliphatic heterocycles. The van der Waals surface area contributed by atoms with Gasteiger partial charge in [0.1, 0.15) is 5.60 Å². The Hall–Kier alpha value is -1.41. The highest BCUT2D eigenvalue weighted by Gasteiger charge is 2.52. The zero-order chi connectivity index (χ0) is 19.0. The number of methoxy groups -OCH3 is 1. The highest BCUT2D eigenvalue weighted by molar-refractivity contribution is 5.96. The molecule has 3 aliphatic rings. The van der Waals surface area contributed by atoms with Crippen molar-refractivity contribution in [2.75, 3.05) is 59.7 Å². The van der Waals surface area contributed by atoms with Crippen LogP contribution < -0.4 is 0 Å². The topological polar surface area (TPSA) is 56.2 Å². The molecule has 0 aromatic carbocycles. The summed E-state index contributed by atoms with van der Waals surface area (Å²) in [5.74, 6) is 0.121. The zero-order valence-electron chi connectivity index (χ0n) is 16.7. The Kier molecular flexibility index (Phi) is 5.29. The Morgan fingerprint density at radius 1 is 1.30 bits per heavy atom. The number of aromatic nitrogens is 1. The quantitative estimate of drug-likeness (QED) is 0.768. The number of amides is 1. The second-order valence-electron chi connectivity index (χ2n) is 8.09. The minimum atomic E-state index is -0.139. The summed E-state index contributed by atoms with van der Waals surface area (Å²) in [5, 5.41) is 0. The molecule has 7 nitrogen and oxygen atoms in total. The molecule has 27 heavy (non-hydrogen) atoms. The average Bonchev–Trinajstić information content (AvgIpc) is 3.22. The Balaban J connectivity index is 1.36. The minimum absolute atomic E-state index is 0.121. The first-order valence-corrected chi connectivity index (χ1v) is 9.94. The fraction of sp³-hybridized carbons (Fsp3) is 0.750. The minimum Gasteiger partial charge on any atom is -0.383 e. The second-order valence-corrected chi connectivity index (χ2v) is 8.09. The summed E-state index contributed by atoms with van der Waals surface area (Å²) in [7, 11) is 1.70. The van der Waals surface area contributed by atoms with E-state index in [9.17, 15) is 4.79 Å². The highest BCUT2D eigenvalue weighted by Crippen LogP contribution is 2.38. The molecule has 1 amide bonds. The molecule has 1 atom stereocenters. The van der Waals surface area contributed by atoms with Crippen LogP contribution in [0.15, 0.2) is 6.07 Å². The maximum atomic E-state index is 13.0. The Morgan fingerprint density at radius 2 is 2.04 bits per heavy atom. The molecule has 1 aromatic rings. The van der Waals surface area contributed by atoms with Gasteiger partial charge >= 0.3 is 0 Å². The number of likely N-dealkylation sites (tertiary alicyclic amines) is 1. The van der Waals surface area contributed by atoms with Crippen LogP contribution in [0, 0.1) is 13.8 Å². The number of ether oxygens (including phenoxy) is 3. The van der Waals surface area contributed by atoms with Crippen molar-refractivity contribution >= 4 is 5.91 Å². The maximum Gasteiger partial charge on any atom is 0.255 e. The number of carbonyl (C=O) groups excluding carboxylic acids is 1. The molecule has 3 saturated heterocycles. The van der Waals surface area contributed by atoms with Crippen molar-refractivity contribution in [1.29, 1.82) is 0 Å². The van der Waals surface area contributed by atoms with Gasteiger partial charge in [-0.15, -0.1) is 0 Å². The molecule has 1 spiro atoms. The van der Waals surface area contributed by atoms with Gasteiger partial charge in [0.25, 0.3) is 5.91 Å². The van der Waals surface area contributed by atoms with Crippen molar-refractivity contribution in [3.63, 3.8) is 0 Å². The molecule has 4 rings (SSSR count). The molecule has 3 fully saturated rings. The third-order valence-corrected chi connectivity index (χ3v) is 6.32. The van der Waals surface area contributed by atoms with Gasteiger partial charge in [-0.3, -0.25) is 9.69 Å². The summed E-state index contributed by atoms with van der Waals surface area (Å²) in [6.45, 7) is 11.3. The van der Waals surface area contributed by atoms with E-state index in [4.69, 9.17) is 14.2 Å². The SMILES string of the molecule is COCCn1c(C)cc(C(=O)N2CC3(CC(N4CCOCC4)CO3)C2)c1C. The second kappa shape index (κ2) is 7.54. The first-order chi connectivity index (χ1) is 13.0. The van der Waals surface area contributed by atoms with Crippen LogP contribution >= 0.6 is 0 Å². The Morgan fingerprint density at radius 3 is 2.74 bits per heavy atom. The lowest BCUT2D eigenvalue weighted by Gasteiger charge is -2.47. The lowest BCUT2D eigenvalue weighted by atomic mass is 9.88. The molecule has 0 saturated carbocycles. The van der Waals surface area contributed by atoms with Gasteiger partial charge in [-0.1, -0.05) is 0 Å². The normalized spacial score (nSPS) is 25.1. The largest absolute Gasteiger partial charge is 0.383 e. The van der Waals surface area contributed by atoms with E-state index in [0.717, 1.165) is 62.8 Å². The summed E-state index contributed by atoms with van der Waals surface area (Å²) in [6, 6.07) is 2.47. The molecule has 0 bridgehead atoms. The summed E-state index contributed by atoms with van der Waals surface area (Å²) in [4.78, 5) is 17.4. The molecule has 0 aliphatic carbocycles.